The van der Waals surface area contributed by atoms with Crippen LogP contribution in [0, 0.1) is 0 Å². The van der Waals surface area contributed by atoms with Crippen molar-refractivity contribution in [3.63, 3.8) is 0 Å². The van der Waals surface area contributed by atoms with Gasteiger partial charge >= 0.3 is 0 Å². The Morgan fingerprint density at radius 1 is 1.47 bits per heavy atom. The second-order valence-corrected chi connectivity index (χ2v) is 3.68. The van der Waals surface area contributed by atoms with Crippen LogP contribution >= 0.6 is 11.6 Å². The standard InChI is InChI=1S/C11H14ClNO2/c1-4-15-8-5-6-9(10(12)7-8)11(14)13(2)3/h5-7H,4H2,1-3H3. The van der Waals surface area contributed by atoms with Gasteiger partial charge in [0.05, 0.1) is 17.2 Å². The Kier molecular flexibility index (Phi) is 3.97. The van der Waals surface area contributed by atoms with Gasteiger partial charge in [0.1, 0.15) is 5.75 Å². The highest BCUT2D eigenvalue weighted by Crippen LogP contribution is 2.23. The molecule has 0 aromatic heterocycles. The Bertz CT molecular complexity index is 364. The number of ether oxygens (including phenoxy) is 1. The lowest BCUT2D eigenvalue weighted by atomic mass is 10.2. The number of carbonyl (C=O) groups excluding carboxylic acids is 1. The Morgan fingerprint density at radius 2 is 2.13 bits per heavy atom. The molecule has 0 aliphatic heterocycles. The third kappa shape index (κ3) is 2.86. The van der Waals surface area contributed by atoms with Crippen LogP contribution in [0.25, 0.3) is 0 Å². The lowest BCUT2D eigenvalue weighted by Crippen LogP contribution is -2.21. The van der Waals surface area contributed by atoms with Crippen molar-refractivity contribution in [2.24, 2.45) is 0 Å². The molecule has 0 spiro atoms. The maximum atomic E-state index is 11.6. The van der Waals surface area contributed by atoms with Crippen LogP contribution in [-0.2, 0) is 0 Å². The molecule has 15 heavy (non-hydrogen) atoms. The quantitative estimate of drug-likeness (QED) is 0.794. The van der Waals surface area contributed by atoms with E-state index in [0.717, 1.165) is 0 Å². The summed E-state index contributed by atoms with van der Waals surface area (Å²) in [6.45, 7) is 2.48. The van der Waals surface area contributed by atoms with Gasteiger partial charge in [-0.25, -0.2) is 0 Å². The third-order valence-corrected chi connectivity index (χ3v) is 2.20. The van der Waals surface area contributed by atoms with Crippen LogP contribution in [-0.4, -0.2) is 31.5 Å². The lowest BCUT2D eigenvalue weighted by molar-refractivity contribution is 0.0828. The van der Waals surface area contributed by atoms with E-state index >= 15 is 0 Å². The molecule has 0 atom stereocenters. The van der Waals surface area contributed by atoms with E-state index < -0.39 is 0 Å². The molecule has 0 fully saturated rings. The Morgan fingerprint density at radius 3 is 2.60 bits per heavy atom. The van der Waals surface area contributed by atoms with Gasteiger partial charge in [0.25, 0.3) is 5.91 Å². The molecule has 0 aliphatic rings. The predicted molar refractivity (Wildman–Crippen MR) is 60.6 cm³/mol. The molecule has 0 aliphatic carbocycles. The van der Waals surface area contributed by atoms with Crippen LogP contribution in [0.5, 0.6) is 5.75 Å². The molecule has 4 heteroatoms. The molecule has 0 bridgehead atoms. The molecule has 0 radical (unpaired) electrons. The van der Waals surface area contributed by atoms with Crippen LogP contribution < -0.4 is 4.74 Å². The summed E-state index contributed by atoms with van der Waals surface area (Å²) in [7, 11) is 3.38. The van der Waals surface area contributed by atoms with Crippen molar-refractivity contribution in [3.8, 4) is 5.75 Å². The molecule has 1 aromatic carbocycles. The van der Waals surface area contributed by atoms with E-state index in [4.69, 9.17) is 16.3 Å². The van der Waals surface area contributed by atoms with Gasteiger partial charge in [-0.15, -0.1) is 0 Å². The molecule has 1 aromatic rings. The highest BCUT2D eigenvalue weighted by Gasteiger charge is 2.12. The van der Waals surface area contributed by atoms with Crippen molar-refractivity contribution in [3.05, 3.63) is 28.8 Å². The van der Waals surface area contributed by atoms with E-state index in [1.807, 2.05) is 6.92 Å². The van der Waals surface area contributed by atoms with E-state index in [2.05, 4.69) is 0 Å². The molecule has 82 valence electrons. The van der Waals surface area contributed by atoms with Crippen LogP contribution in [0.1, 0.15) is 17.3 Å². The van der Waals surface area contributed by atoms with E-state index in [1.165, 1.54) is 4.90 Å². The Balaban J connectivity index is 2.97. The minimum Gasteiger partial charge on any atom is -0.494 e. The molecule has 0 unspecified atom stereocenters. The van der Waals surface area contributed by atoms with E-state index in [9.17, 15) is 4.79 Å². The summed E-state index contributed by atoms with van der Waals surface area (Å²) in [6, 6.07) is 5.07. The molecule has 1 rings (SSSR count). The predicted octanol–water partition coefficient (Wildman–Crippen LogP) is 2.44. The minimum atomic E-state index is -0.108. The zero-order valence-electron chi connectivity index (χ0n) is 9.08. The van der Waals surface area contributed by atoms with Crippen molar-refractivity contribution >= 4 is 17.5 Å². The third-order valence-electron chi connectivity index (χ3n) is 1.89. The minimum absolute atomic E-state index is 0.108. The number of halogens is 1. The number of hydrogen-bond donors (Lipinski definition) is 0. The molecule has 3 nitrogen and oxygen atoms in total. The average molecular weight is 228 g/mol. The first-order valence-corrected chi connectivity index (χ1v) is 5.08. The normalized spacial score (nSPS) is 9.87. The summed E-state index contributed by atoms with van der Waals surface area (Å²) < 4.78 is 5.27. The van der Waals surface area contributed by atoms with E-state index in [1.54, 1.807) is 32.3 Å². The highest BCUT2D eigenvalue weighted by atomic mass is 35.5. The second-order valence-electron chi connectivity index (χ2n) is 3.27. The highest BCUT2D eigenvalue weighted by molar-refractivity contribution is 6.34. The van der Waals surface area contributed by atoms with Crippen LogP contribution in [0.15, 0.2) is 18.2 Å². The number of carbonyl (C=O) groups is 1. The van der Waals surface area contributed by atoms with Crippen molar-refractivity contribution < 1.29 is 9.53 Å². The number of rotatable bonds is 3. The van der Waals surface area contributed by atoms with Crippen molar-refractivity contribution in [2.45, 2.75) is 6.92 Å². The molecular formula is C11H14ClNO2. The van der Waals surface area contributed by atoms with Gasteiger partial charge in [-0.2, -0.15) is 0 Å². The Hall–Kier alpha value is -1.22. The van der Waals surface area contributed by atoms with Crippen molar-refractivity contribution in [1.82, 2.24) is 4.90 Å². The van der Waals surface area contributed by atoms with Crippen LogP contribution in [0.4, 0.5) is 0 Å². The first-order chi connectivity index (χ1) is 7.06. The number of hydrogen-bond acceptors (Lipinski definition) is 2. The number of amides is 1. The first-order valence-electron chi connectivity index (χ1n) is 4.70. The summed E-state index contributed by atoms with van der Waals surface area (Å²) in [5.74, 6) is 0.570. The monoisotopic (exact) mass is 227 g/mol. The fourth-order valence-electron chi connectivity index (χ4n) is 1.17. The fourth-order valence-corrected chi connectivity index (χ4v) is 1.42. The van der Waals surface area contributed by atoms with E-state index in [0.29, 0.717) is 22.9 Å². The Labute approximate surface area is 94.6 Å². The summed E-state index contributed by atoms with van der Waals surface area (Å²) >= 11 is 5.98. The molecule has 0 saturated carbocycles. The average Bonchev–Trinajstić information content (AvgIpc) is 2.17. The van der Waals surface area contributed by atoms with Crippen molar-refractivity contribution in [1.29, 1.82) is 0 Å². The van der Waals surface area contributed by atoms with Gasteiger partial charge in [0.15, 0.2) is 0 Å². The van der Waals surface area contributed by atoms with Gasteiger partial charge < -0.3 is 9.64 Å². The fraction of sp³-hybridized carbons (Fsp3) is 0.364. The molecule has 0 saturated heterocycles. The molecular weight excluding hydrogens is 214 g/mol. The molecule has 0 heterocycles. The topological polar surface area (TPSA) is 29.5 Å². The molecule has 1 amide bonds. The van der Waals surface area contributed by atoms with Gasteiger partial charge in [-0.1, -0.05) is 11.6 Å². The van der Waals surface area contributed by atoms with Gasteiger partial charge in [-0.05, 0) is 25.1 Å². The van der Waals surface area contributed by atoms with Gasteiger partial charge in [0, 0.05) is 14.1 Å². The maximum absolute atomic E-state index is 11.6. The zero-order valence-corrected chi connectivity index (χ0v) is 9.84. The summed E-state index contributed by atoms with van der Waals surface area (Å²) in [4.78, 5) is 13.1. The lowest BCUT2D eigenvalue weighted by Gasteiger charge is -2.12. The summed E-state index contributed by atoms with van der Waals surface area (Å²) in [5, 5.41) is 0.416. The van der Waals surface area contributed by atoms with Gasteiger partial charge in [-0.3, -0.25) is 4.79 Å². The van der Waals surface area contributed by atoms with Crippen LogP contribution in [0.3, 0.4) is 0 Å². The smallest absolute Gasteiger partial charge is 0.254 e. The summed E-state index contributed by atoms with van der Waals surface area (Å²) in [5.41, 5.74) is 0.491. The van der Waals surface area contributed by atoms with Gasteiger partial charge in [0.2, 0.25) is 0 Å². The first kappa shape index (κ1) is 11.9. The summed E-state index contributed by atoms with van der Waals surface area (Å²) in [6.07, 6.45) is 0. The SMILES string of the molecule is CCOc1ccc(C(=O)N(C)C)c(Cl)c1. The second kappa shape index (κ2) is 5.03. The van der Waals surface area contributed by atoms with Crippen molar-refractivity contribution in [2.75, 3.05) is 20.7 Å². The van der Waals surface area contributed by atoms with E-state index in [-0.39, 0.29) is 5.91 Å². The number of benzene rings is 1. The zero-order chi connectivity index (χ0) is 11.4. The molecule has 0 N–H and O–H groups in total. The maximum Gasteiger partial charge on any atom is 0.254 e. The van der Waals surface area contributed by atoms with Crippen LogP contribution in [0.2, 0.25) is 5.02 Å². The largest absolute Gasteiger partial charge is 0.494 e. The number of nitrogens with zero attached hydrogens (tertiary/aromatic N) is 1.